The van der Waals surface area contributed by atoms with Crippen molar-refractivity contribution in [3.8, 4) is 17.2 Å². The first-order valence-corrected chi connectivity index (χ1v) is 7.92. The van der Waals surface area contributed by atoms with Crippen molar-refractivity contribution < 1.29 is 7.59 Å². The molecule has 0 aromatic heterocycles. The third kappa shape index (κ3) is 4.28. The molecule has 0 amide bonds. The number of nitrogens with one attached hydrogen (secondary N) is 1. The summed E-state index contributed by atoms with van der Waals surface area (Å²) in [6.07, 6.45) is -0.0182. The highest BCUT2D eigenvalue weighted by Gasteiger charge is 2.12. The zero-order valence-electron chi connectivity index (χ0n) is 13.7. The molecule has 0 saturated carbocycles. The van der Waals surface area contributed by atoms with Gasteiger partial charge in [0.05, 0.1) is 30.0 Å². The van der Waals surface area contributed by atoms with E-state index in [9.17, 15) is 5.26 Å². The van der Waals surface area contributed by atoms with Gasteiger partial charge in [0.2, 0.25) is 0 Å². The van der Waals surface area contributed by atoms with Gasteiger partial charge in [-0.05, 0) is 19.1 Å². The van der Waals surface area contributed by atoms with E-state index in [1.807, 2.05) is 43.3 Å². The van der Waals surface area contributed by atoms with Crippen LogP contribution in [0.3, 0.4) is 0 Å². The van der Waals surface area contributed by atoms with Gasteiger partial charge in [0.15, 0.2) is 5.96 Å². The van der Waals surface area contributed by atoms with Crippen LogP contribution in [0.5, 0.6) is 0 Å². The summed E-state index contributed by atoms with van der Waals surface area (Å²) in [6, 6.07) is 15.3. The monoisotopic (exact) mass is 344 g/mol. The molecule has 2 aromatic carbocycles. The summed E-state index contributed by atoms with van der Waals surface area (Å²) < 4.78 is 5.16. The molecule has 0 radical (unpaired) electrons. The number of nitriles is 1. The standard InChI is InChI=1S/C18H20N4OS.2H2/c1-12(23-2)11-21-18(20)22-17-15(8-5-9-16(17)24)14-7-4-3-6-13(14)10-19;;/h3-9,12,24H,11H2,1-2H3,(H3,20,21,22);2*1H. The number of rotatable bonds is 5. The predicted molar refractivity (Wildman–Crippen MR) is 105 cm³/mol. The van der Waals surface area contributed by atoms with Crippen molar-refractivity contribution in [2.24, 2.45) is 10.7 Å². The number of ether oxygens (including phenoxy) is 1. The summed E-state index contributed by atoms with van der Waals surface area (Å²) in [7, 11) is 1.63. The maximum atomic E-state index is 9.34. The first-order chi connectivity index (χ1) is 11.6. The van der Waals surface area contributed by atoms with Crippen molar-refractivity contribution in [2.45, 2.75) is 17.9 Å². The Bertz CT molecular complexity index is 793. The molecule has 1 atom stereocenters. The molecule has 1 unspecified atom stereocenters. The lowest BCUT2D eigenvalue weighted by Gasteiger charge is -2.15. The molecule has 0 spiro atoms. The summed E-state index contributed by atoms with van der Waals surface area (Å²) >= 11 is 4.50. The number of aliphatic imine (C=N–C) groups is 1. The number of para-hydroxylation sites is 1. The highest BCUT2D eigenvalue weighted by atomic mass is 32.1. The minimum atomic E-state index is -0.0182. The van der Waals surface area contributed by atoms with Crippen molar-refractivity contribution in [1.29, 1.82) is 5.26 Å². The van der Waals surface area contributed by atoms with E-state index < -0.39 is 0 Å². The Morgan fingerprint density at radius 2 is 2.04 bits per heavy atom. The van der Waals surface area contributed by atoms with Gasteiger partial charge in [-0.2, -0.15) is 5.26 Å². The van der Waals surface area contributed by atoms with Crippen LogP contribution in [0.15, 0.2) is 52.4 Å². The molecule has 3 N–H and O–H groups in total. The van der Waals surface area contributed by atoms with Crippen LogP contribution < -0.4 is 11.1 Å². The third-order valence-electron chi connectivity index (χ3n) is 3.55. The fourth-order valence-corrected chi connectivity index (χ4v) is 2.44. The number of guanidine groups is 1. The molecule has 6 heteroatoms. The molecule has 2 rings (SSSR count). The number of thiol groups is 1. The number of methoxy groups -OCH3 is 1. The second kappa shape index (κ2) is 8.39. The lowest BCUT2D eigenvalue weighted by atomic mass is 9.99. The van der Waals surface area contributed by atoms with Gasteiger partial charge in [0, 0.05) is 26.0 Å². The van der Waals surface area contributed by atoms with Crippen LogP contribution in [0.2, 0.25) is 0 Å². The van der Waals surface area contributed by atoms with Gasteiger partial charge in [-0.25, -0.2) is 0 Å². The molecule has 0 heterocycles. The molecule has 0 saturated heterocycles. The molecular formula is C18H24N4OS. The first-order valence-electron chi connectivity index (χ1n) is 7.48. The number of nitrogens with two attached hydrogens (primary N) is 1. The fraction of sp³-hybridized carbons (Fsp3) is 0.222. The second-order valence-corrected chi connectivity index (χ2v) is 5.74. The molecule has 24 heavy (non-hydrogen) atoms. The van der Waals surface area contributed by atoms with Gasteiger partial charge in [-0.1, -0.05) is 30.3 Å². The summed E-state index contributed by atoms with van der Waals surface area (Å²) in [6.45, 7) is 2.37. The van der Waals surface area contributed by atoms with Gasteiger partial charge >= 0.3 is 0 Å². The van der Waals surface area contributed by atoms with E-state index in [0.29, 0.717) is 12.1 Å². The molecule has 0 aliphatic rings. The van der Waals surface area contributed by atoms with Gasteiger partial charge in [0.25, 0.3) is 0 Å². The Hall–Kier alpha value is -2.49. The first kappa shape index (κ1) is 17.9. The van der Waals surface area contributed by atoms with Crippen LogP contribution in [-0.4, -0.2) is 25.7 Å². The van der Waals surface area contributed by atoms with E-state index in [1.165, 1.54) is 0 Å². The van der Waals surface area contributed by atoms with E-state index in [2.05, 4.69) is 29.0 Å². The van der Waals surface area contributed by atoms with E-state index in [1.54, 1.807) is 13.2 Å². The largest absolute Gasteiger partial charge is 0.380 e. The third-order valence-corrected chi connectivity index (χ3v) is 3.93. The van der Waals surface area contributed by atoms with Crippen LogP contribution in [-0.2, 0) is 4.74 Å². The zero-order chi connectivity index (χ0) is 17.5. The fourth-order valence-electron chi connectivity index (χ4n) is 2.18. The van der Waals surface area contributed by atoms with Crippen LogP contribution in [0.4, 0.5) is 5.69 Å². The minimum absolute atomic E-state index is 0. The Labute approximate surface area is 150 Å². The lowest BCUT2D eigenvalue weighted by Crippen LogP contribution is -2.25. The van der Waals surface area contributed by atoms with Gasteiger partial charge in [-0.15, -0.1) is 12.6 Å². The minimum Gasteiger partial charge on any atom is -0.380 e. The quantitative estimate of drug-likeness (QED) is 0.438. The maximum Gasteiger partial charge on any atom is 0.193 e. The predicted octanol–water partition coefficient (Wildman–Crippen LogP) is 3.77. The average Bonchev–Trinajstić information content (AvgIpc) is 2.61. The zero-order valence-corrected chi connectivity index (χ0v) is 14.5. The smallest absolute Gasteiger partial charge is 0.193 e. The van der Waals surface area contributed by atoms with Gasteiger partial charge in [0.1, 0.15) is 0 Å². The van der Waals surface area contributed by atoms with Gasteiger partial charge < -0.3 is 15.8 Å². The van der Waals surface area contributed by atoms with Crippen molar-refractivity contribution in [3.05, 3.63) is 48.0 Å². The van der Waals surface area contributed by atoms with Crippen LogP contribution in [0.1, 0.15) is 15.3 Å². The number of hydrogen-bond acceptors (Lipinski definition) is 4. The van der Waals surface area contributed by atoms with E-state index in [4.69, 9.17) is 10.5 Å². The average molecular weight is 344 g/mol. The summed E-state index contributed by atoms with van der Waals surface area (Å²) in [5.41, 5.74) is 8.94. The maximum absolute atomic E-state index is 9.34. The highest BCUT2D eigenvalue weighted by Crippen LogP contribution is 2.34. The molecule has 0 aliphatic carbocycles. The SMILES string of the molecule is COC(C)CN=C(N)Nc1c(S)cccc1-c1ccccc1C#N.[HH].[HH]. The van der Waals surface area contributed by atoms with Crippen molar-refractivity contribution in [1.82, 2.24) is 0 Å². The van der Waals surface area contributed by atoms with Crippen LogP contribution in [0, 0.1) is 11.3 Å². The molecular weight excluding hydrogens is 320 g/mol. The molecule has 0 bridgehead atoms. The topological polar surface area (TPSA) is 83.4 Å². The van der Waals surface area contributed by atoms with Crippen molar-refractivity contribution in [2.75, 3.05) is 19.0 Å². The molecule has 2 aromatic rings. The summed E-state index contributed by atoms with van der Waals surface area (Å²) in [4.78, 5) is 4.99. The number of hydrogen-bond donors (Lipinski definition) is 3. The Kier molecular flexibility index (Phi) is 6.24. The Morgan fingerprint density at radius 1 is 1.33 bits per heavy atom. The van der Waals surface area contributed by atoms with Gasteiger partial charge in [-0.3, -0.25) is 4.99 Å². The second-order valence-electron chi connectivity index (χ2n) is 5.25. The molecule has 0 aliphatic heterocycles. The van der Waals surface area contributed by atoms with Crippen LogP contribution >= 0.6 is 12.6 Å². The van der Waals surface area contributed by atoms with Crippen LogP contribution in [0.25, 0.3) is 11.1 Å². The Balaban J connectivity index is 0.00000312. The summed E-state index contributed by atoms with van der Waals surface area (Å²) in [5, 5.41) is 12.4. The van der Waals surface area contributed by atoms with E-state index in [0.717, 1.165) is 21.7 Å². The Morgan fingerprint density at radius 3 is 2.75 bits per heavy atom. The highest BCUT2D eigenvalue weighted by molar-refractivity contribution is 7.80. The summed E-state index contributed by atoms with van der Waals surface area (Å²) in [5.74, 6) is 0.274. The number of nitrogens with zero attached hydrogens (tertiary/aromatic N) is 2. The van der Waals surface area contributed by atoms with E-state index in [-0.39, 0.29) is 14.9 Å². The molecule has 128 valence electrons. The molecule has 5 nitrogen and oxygen atoms in total. The molecule has 0 fully saturated rings. The lowest BCUT2D eigenvalue weighted by molar-refractivity contribution is 0.125. The number of benzene rings is 2. The van der Waals surface area contributed by atoms with Crippen molar-refractivity contribution >= 4 is 24.3 Å². The van der Waals surface area contributed by atoms with Crippen molar-refractivity contribution in [3.63, 3.8) is 0 Å². The number of anilines is 1. The van der Waals surface area contributed by atoms with E-state index >= 15 is 0 Å². The normalized spacial score (nSPS) is 12.5.